The maximum atomic E-state index is 12.8. The van der Waals surface area contributed by atoms with Crippen LogP contribution in [0.25, 0.3) is 10.8 Å². The molecule has 0 aromatic heterocycles. The van der Waals surface area contributed by atoms with Crippen LogP contribution < -0.4 is 0 Å². The highest BCUT2D eigenvalue weighted by Gasteiger charge is 2.30. The molecule has 1 nitrogen and oxygen atoms in total. The van der Waals surface area contributed by atoms with Crippen LogP contribution in [0.2, 0.25) is 0 Å². The molecule has 3 aromatic rings. The van der Waals surface area contributed by atoms with E-state index < -0.39 is 11.7 Å². The van der Waals surface area contributed by atoms with Gasteiger partial charge in [0.2, 0.25) is 0 Å². The van der Waals surface area contributed by atoms with Gasteiger partial charge in [0.05, 0.1) is 5.56 Å². The van der Waals surface area contributed by atoms with Crippen LogP contribution >= 0.6 is 12.8 Å². The van der Waals surface area contributed by atoms with E-state index in [1.54, 1.807) is 6.07 Å². The molecule has 0 aliphatic carbocycles. The number of alkyl halides is 3. The lowest BCUT2D eigenvalue weighted by Gasteiger charge is -2.25. The molecule has 142 valence electrons. The second-order valence-corrected chi connectivity index (χ2v) is 7.22. The molecule has 0 fully saturated rings. The molecule has 0 aliphatic rings. The zero-order valence-corrected chi connectivity index (χ0v) is 16.0. The summed E-state index contributed by atoms with van der Waals surface area (Å²) >= 11 is 4.63. The minimum Gasteiger partial charge on any atom is -0.246 e. The first-order valence-electron chi connectivity index (χ1n) is 8.95. The number of hydrogen-bond acceptors (Lipinski definition) is 2. The van der Waals surface area contributed by atoms with Crippen molar-refractivity contribution in [3.8, 4) is 0 Å². The molecule has 3 rings (SSSR count). The first kappa shape index (κ1) is 19.8. The number of hydrogen-bond donors (Lipinski definition) is 1. The van der Waals surface area contributed by atoms with Crippen molar-refractivity contribution in [3.63, 3.8) is 0 Å². The van der Waals surface area contributed by atoms with Gasteiger partial charge in [-0.3, -0.25) is 0 Å². The normalized spacial score (nSPS) is 13.3. The number of fused-ring (bicyclic) bond motifs is 1. The van der Waals surface area contributed by atoms with Crippen molar-refractivity contribution < 1.29 is 13.2 Å². The van der Waals surface area contributed by atoms with Crippen molar-refractivity contribution >= 4 is 23.6 Å². The predicted octanol–water partition coefficient (Wildman–Crippen LogP) is 6.70. The molecular formula is C22H22F3NS. The fraction of sp³-hybridized carbons (Fsp3) is 0.273. The first-order chi connectivity index (χ1) is 12.9. The van der Waals surface area contributed by atoms with Gasteiger partial charge in [-0.2, -0.15) is 13.2 Å². The molecular weight excluding hydrogens is 367 g/mol. The highest BCUT2D eigenvalue weighted by molar-refractivity contribution is 7.77. The van der Waals surface area contributed by atoms with Gasteiger partial charge in [-0.15, -0.1) is 0 Å². The molecule has 0 saturated carbocycles. The molecule has 0 amide bonds. The van der Waals surface area contributed by atoms with E-state index in [2.05, 4.69) is 44.0 Å². The van der Waals surface area contributed by atoms with Gasteiger partial charge in [0.15, 0.2) is 0 Å². The Morgan fingerprint density at radius 2 is 1.67 bits per heavy atom. The van der Waals surface area contributed by atoms with E-state index in [0.717, 1.165) is 12.5 Å². The molecule has 0 saturated heterocycles. The second kappa shape index (κ2) is 8.36. The standard InChI is InChI=1S/C22H22F3NS/c1-16(20-13-5-10-18-9-2-3-12-21(18)20)26(27)14-6-8-17-7-4-11-19(15-17)22(23,24)25/h2-5,7,9-13,15-16,27H,6,8,14H2,1H3. The van der Waals surface area contributed by atoms with Gasteiger partial charge in [-0.25, -0.2) is 4.31 Å². The van der Waals surface area contributed by atoms with Gasteiger partial charge >= 0.3 is 6.18 Å². The lowest BCUT2D eigenvalue weighted by Crippen LogP contribution is -2.19. The van der Waals surface area contributed by atoms with Gasteiger partial charge in [-0.1, -0.05) is 73.5 Å². The zero-order valence-electron chi connectivity index (χ0n) is 15.1. The smallest absolute Gasteiger partial charge is 0.246 e. The van der Waals surface area contributed by atoms with Gasteiger partial charge in [0.25, 0.3) is 0 Å². The van der Waals surface area contributed by atoms with E-state index in [4.69, 9.17) is 0 Å². The number of thiol groups is 1. The monoisotopic (exact) mass is 389 g/mol. The minimum atomic E-state index is -4.30. The molecule has 0 heterocycles. The summed E-state index contributed by atoms with van der Waals surface area (Å²) < 4.78 is 40.4. The average molecular weight is 389 g/mol. The Morgan fingerprint density at radius 3 is 2.44 bits per heavy atom. The van der Waals surface area contributed by atoms with Gasteiger partial charge in [0.1, 0.15) is 0 Å². The van der Waals surface area contributed by atoms with Crippen LogP contribution in [0.5, 0.6) is 0 Å². The topological polar surface area (TPSA) is 3.24 Å². The maximum Gasteiger partial charge on any atom is 0.416 e. The van der Waals surface area contributed by atoms with Gasteiger partial charge in [-0.05, 0) is 47.7 Å². The van der Waals surface area contributed by atoms with Crippen molar-refractivity contribution in [3.05, 3.63) is 83.4 Å². The predicted molar refractivity (Wildman–Crippen MR) is 108 cm³/mol. The summed E-state index contributed by atoms with van der Waals surface area (Å²) in [5, 5.41) is 2.39. The van der Waals surface area contributed by atoms with E-state index in [0.29, 0.717) is 18.5 Å². The molecule has 27 heavy (non-hydrogen) atoms. The van der Waals surface area contributed by atoms with Gasteiger partial charge in [0, 0.05) is 12.6 Å². The third kappa shape index (κ3) is 4.85. The lowest BCUT2D eigenvalue weighted by atomic mass is 9.99. The molecule has 0 spiro atoms. The third-order valence-corrected chi connectivity index (χ3v) is 5.37. The fourth-order valence-electron chi connectivity index (χ4n) is 3.32. The van der Waals surface area contributed by atoms with Crippen molar-refractivity contribution in [1.82, 2.24) is 4.31 Å². The Hall–Kier alpha value is -1.98. The number of aryl methyl sites for hydroxylation is 1. The quantitative estimate of drug-likeness (QED) is 0.459. The van der Waals surface area contributed by atoms with Crippen LogP contribution in [0.3, 0.4) is 0 Å². The number of rotatable bonds is 6. The Morgan fingerprint density at radius 1 is 0.963 bits per heavy atom. The summed E-state index contributed by atoms with van der Waals surface area (Å²) in [4.78, 5) is 0. The third-order valence-electron chi connectivity index (χ3n) is 4.83. The van der Waals surface area contributed by atoms with Crippen molar-refractivity contribution in [1.29, 1.82) is 0 Å². The minimum absolute atomic E-state index is 0.0981. The summed E-state index contributed by atoms with van der Waals surface area (Å²) in [6.45, 7) is 2.78. The highest BCUT2D eigenvalue weighted by atomic mass is 32.1. The van der Waals surface area contributed by atoms with E-state index >= 15 is 0 Å². The summed E-state index contributed by atoms with van der Waals surface area (Å²) in [6.07, 6.45) is -2.97. The number of benzene rings is 3. The molecule has 0 bridgehead atoms. The van der Waals surface area contributed by atoms with E-state index in [9.17, 15) is 13.2 Å². The van der Waals surface area contributed by atoms with Crippen LogP contribution in [0.1, 0.15) is 36.1 Å². The molecule has 1 unspecified atom stereocenters. The summed E-state index contributed by atoms with van der Waals surface area (Å²) in [5.41, 5.74) is 1.30. The molecule has 5 heteroatoms. The fourth-order valence-corrected chi connectivity index (χ4v) is 3.58. The van der Waals surface area contributed by atoms with E-state index in [-0.39, 0.29) is 6.04 Å². The van der Waals surface area contributed by atoms with Crippen LogP contribution in [0, 0.1) is 0 Å². The van der Waals surface area contributed by atoms with E-state index in [1.807, 2.05) is 22.5 Å². The van der Waals surface area contributed by atoms with Crippen LogP contribution in [0.15, 0.2) is 66.7 Å². The first-order valence-corrected chi connectivity index (χ1v) is 9.35. The zero-order chi connectivity index (χ0) is 19.4. The SMILES string of the molecule is CC(c1cccc2ccccc12)N(S)CCCc1cccc(C(F)(F)F)c1. The number of halogens is 3. The van der Waals surface area contributed by atoms with Crippen molar-refractivity contribution in [2.24, 2.45) is 0 Å². The number of nitrogens with zero attached hydrogens (tertiary/aromatic N) is 1. The van der Waals surface area contributed by atoms with E-state index in [1.165, 1.54) is 28.5 Å². The molecule has 0 N–H and O–H groups in total. The maximum absolute atomic E-state index is 12.8. The summed E-state index contributed by atoms with van der Waals surface area (Å²) in [5.74, 6) is 0. The molecule has 1 atom stereocenters. The average Bonchev–Trinajstić information content (AvgIpc) is 2.66. The lowest BCUT2D eigenvalue weighted by molar-refractivity contribution is -0.137. The highest BCUT2D eigenvalue weighted by Crippen LogP contribution is 2.31. The molecule has 0 radical (unpaired) electrons. The molecule has 3 aromatic carbocycles. The summed E-state index contributed by atoms with van der Waals surface area (Å²) in [7, 11) is 0. The van der Waals surface area contributed by atoms with Gasteiger partial charge < -0.3 is 0 Å². The Balaban J connectivity index is 1.63. The largest absolute Gasteiger partial charge is 0.416 e. The Labute approximate surface area is 163 Å². The van der Waals surface area contributed by atoms with Crippen LogP contribution in [-0.4, -0.2) is 10.8 Å². The Kier molecular flexibility index (Phi) is 6.12. The molecule has 0 aliphatic heterocycles. The van der Waals surface area contributed by atoms with Crippen molar-refractivity contribution in [2.45, 2.75) is 32.0 Å². The second-order valence-electron chi connectivity index (χ2n) is 6.71. The van der Waals surface area contributed by atoms with Crippen molar-refractivity contribution in [2.75, 3.05) is 6.54 Å². The van der Waals surface area contributed by atoms with Crippen LogP contribution in [0.4, 0.5) is 13.2 Å². The summed E-state index contributed by atoms with van der Waals surface area (Å²) in [6, 6.07) is 20.1. The Bertz CT molecular complexity index is 902. The van der Waals surface area contributed by atoms with Crippen LogP contribution in [-0.2, 0) is 12.6 Å².